The van der Waals surface area contributed by atoms with Gasteiger partial charge in [0.05, 0.1) is 0 Å². The van der Waals surface area contributed by atoms with Crippen LogP contribution in [-0.4, -0.2) is 13.6 Å². The predicted octanol–water partition coefficient (Wildman–Crippen LogP) is 1.87. The van der Waals surface area contributed by atoms with Crippen LogP contribution in [0.5, 0.6) is 0 Å². The summed E-state index contributed by atoms with van der Waals surface area (Å²) < 4.78 is 26.2. The van der Waals surface area contributed by atoms with Crippen molar-refractivity contribution in [2.24, 2.45) is 0 Å². The lowest BCUT2D eigenvalue weighted by atomic mass is 10.1. The van der Waals surface area contributed by atoms with Crippen LogP contribution in [0, 0.1) is 0 Å². The van der Waals surface area contributed by atoms with Crippen molar-refractivity contribution in [2.75, 3.05) is 0 Å². The van der Waals surface area contributed by atoms with Crippen LogP contribution in [0.1, 0.15) is 31.2 Å². The van der Waals surface area contributed by atoms with E-state index < -0.39 is 9.05 Å². The van der Waals surface area contributed by atoms with E-state index in [1.165, 1.54) is 0 Å². The minimum atomic E-state index is -3.54. The van der Waals surface area contributed by atoms with Crippen LogP contribution in [0.4, 0.5) is 0 Å². The van der Waals surface area contributed by atoms with Gasteiger partial charge >= 0.3 is 0 Å². The number of aromatic nitrogens is 1. The van der Waals surface area contributed by atoms with Gasteiger partial charge < -0.3 is 4.52 Å². The van der Waals surface area contributed by atoms with Gasteiger partial charge in [-0.05, 0) is 0 Å². The Morgan fingerprint density at radius 3 is 2.62 bits per heavy atom. The summed E-state index contributed by atoms with van der Waals surface area (Å²) >= 11 is 0. The maximum absolute atomic E-state index is 10.7. The van der Waals surface area contributed by atoms with Crippen LogP contribution < -0.4 is 0 Å². The van der Waals surface area contributed by atoms with Crippen molar-refractivity contribution in [3.8, 4) is 0 Å². The molecular weight excluding hydrogens is 214 g/mol. The monoisotopic (exact) mass is 223 g/mol. The number of hydrogen-bond donors (Lipinski definition) is 0. The van der Waals surface area contributed by atoms with Gasteiger partial charge in [0.15, 0.2) is 0 Å². The number of halogens is 1. The molecule has 0 N–H and O–H groups in total. The summed E-state index contributed by atoms with van der Waals surface area (Å²) in [7, 11) is 1.51. The van der Waals surface area contributed by atoms with Crippen molar-refractivity contribution in [3.05, 3.63) is 17.5 Å². The van der Waals surface area contributed by atoms with Crippen molar-refractivity contribution < 1.29 is 12.9 Å². The predicted molar refractivity (Wildman–Crippen MR) is 49.1 cm³/mol. The molecule has 1 aromatic heterocycles. The van der Waals surface area contributed by atoms with E-state index in [1.807, 2.05) is 13.8 Å². The number of hydrogen-bond acceptors (Lipinski definition) is 4. The van der Waals surface area contributed by atoms with E-state index in [-0.39, 0.29) is 11.7 Å². The fraction of sp³-hybridized carbons (Fsp3) is 0.571. The highest BCUT2D eigenvalue weighted by Gasteiger charge is 2.13. The Bertz CT molecular complexity index is 382. The maximum atomic E-state index is 10.7. The molecule has 1 heterocycles. The summed E-state index contributed by atoms with van der Waals surface area (Å²) in [5, 5.41) is 3.58. The Morgan fingerprint density at radius 1 is 1.62 bits per heavy atom. The Hall–Kier alpha value is -0.550. The zero-order chi connectivity index (χ0) is 10.1. The second kappa shape index (κ2) is 3.67. The lowest BCUT2D eigenvalue weighted by Crippen LogP contribution is -1.94. The Morgan fingerprint density at radius 2 is 2.23 bits per heavy atom. The molecule has 13 heavy (non-hydrogen) atoms. The largest absolute Gasteiger partial charge is 0.361 e. The van der Waals surface area contributed by atoms with Crippen molar-refractivity contribution in [1.29, 1.82) is 0 Å². The fourth-order valence-electron chi connectivity index (χ4n) is 0.845. The SMILES string of the molecule is CC(C)c1cc(CS(=O)(=O)Cl)no1. The van der Waals surface area contributed by atoms with E-state index in [1.54, 1.807) is 6.07 Å². The molecule has 4 nitrogen and oxygen atoms in total. The van der Waals surface area contributed by atoms with Crippen LogP contribution in [-0.2, 0) is 14.8 Å². The van der Waals surface area contributed by atoms with Crippen LogP contribution in [0.15, 0.2) is 10.6 Å². The van der Waals surface area contributed by atoms with E-state index in [2.05, 4.69) is 5.16 Å². The Balaban J connectivity index is 2.81. The third-order valence-electron chi connectivity index (χ3n) is 1.47. The van der Waals surface area contributed by atoms with E-state index in [0.717, 1.165) is 0 Å². The molecule has 0 saturated heterocycles. The van der Waals surface area contributed by atoms with Gasteiger partial charge in [-0.25, -0.2) is 8.42 Å². The molecule has 0 spiro atoms. The van der Waals surface area contributed by atoms with Gasteiger partial charge in [0.1, 0.15) is 17.2 Å². The topological polar surface area (TPSA) is 60.2 Å². The first-order valence-corrected chi connectivity index (χ1v) is 6.24. The molecule has 1 rings (SSSR count). The first kappa shape index (κ1) is 10.5. The normalized spacial score (nSPS) is 12.3. The lowest BCUT2D eigenvalue weighted by molar-refractivity contribution is 0.367. The smallest absolute Gasteiger partial charge is 0.238 e. The second-order valence-corrected chi connectivity index (χ2v) is 5.84. The van der Waals surface area contributed by atoms with Gasteiger partial charge in [-0.3, -0.25) is 0 Å². The molecular formula is C7H10ClNO3S. The van der Waals surface area contributed by atoms with Crippen molar-refractivity contribution >= 4 is 19.7 Å². The molecule has 6 heteroatoms. The number of rotatable bonds is 3. The fourth-order valence-corrected chi connectivity index (χ4v) is 1.67. The summed E-state index contributed by atoms with van der Waals surface area (Å²) in [6, 6.07) is 1.60. The highest BCUT2D eigenvalue weighted by atomic mass is 35.7. The maximum Gasteiger partial charge on any atom is 0.238 e. The Kier molecular flexibility index (Phi) is 2.98. The number of nitrogens with zero attached hydrogens (tertiary/aromatic N) is 1. The molecule has 0 aliphatic rings. The molecule has 0 unspecified atom stereocenters. The summed E-state index contributed by atoms with van der Waals surface area (Å²) in [6.45, 7) is 3.86. The molecule has 0 amide bonds. The minimum Gasteiger partial charge on any atom is -0.361 e. The summed E-state index contributed by atoms with van der Waals surface area (Å²) in [4.78, 5) is 0. The molecule has 0 fully saturated rings. The van der Waals surface area contributed by atoms with Crippen LogP contribution >= 0.6 is 10.7 Å². The average molecular weight is 224 g/mol. The summed E-state index contributed by atoms with van der Waals surface area (Å²) in [5.41, 5.74) is 0.346. The third kappa shape index (κ3) is 3.36. The van der Waals surface area contributed by atoms with Gasteiger partial charge in [0, 0.05) is 22.7 Å². The van der Waals surface area contributed by atoms with Crippen LogP contribution in [0.3, 0.4) is 0 Å². The average Bonchev–Trinajstić information content (AvgIpc) is 2.31. The van der Waals surface area contributed by atoms with E-state index in [0.29, 0.717) is 11.5 Å². The van der Waals surface area contributed by atoms with E-state index in [9.17, 15) is 8.42 Å². The molecule has 0 aliphatic carbocycles. The second-order valence-electron chi connectivity index (χ2n) is 3.06. The highest BCUT2D eigenvalue weighted by molar-refractivity contribution is 8.13. The minimum absolute atomic E-state index is 0.194. The zero-order valence-electron chi connectivity index (χ0n) is 7.32. The first-order chi connectivity index (χ1) is 5.88. The van der Waals surface area contributed by atoms with Gasteiger partial charge in [-0.1, -0.05) is 19.0 Å². The standard InChI is InChI=1S/C7H10ClNO3S/c1-5(2)7-3-6(9-12-7)4-13(8,10)11/h3,5H,4H2,1-2H3. The molecule has 1 aromatic rings. The summed E-state index contributed by atoms with van der Waals surface area (Å²) in [6.07, 6.45) is 0. The molecule has 0 aliphatic heterocycles. The molecule has 74 valence electrons. The molecule has 0 atom stereocenters. The molecule has 0 aromatic carbocycles. The lowest BCUT2D eigenvalue weighted by Gasteiger charge is -1.93. The highest BCUT2D eigenvalue weighted by Crippen LogP contribution is 2.17. The Labute approximate surface area is 81.3 Å². The van der Waals surface area contributed by atoms with Crippen molar-refractivity contribution in [3.63, 3.8) is 0 Å². The van der Waals surface area contributed by atoms with Crippen LogP contribution in [0.25, 0.3) is 0 Å². The van der Waals surface area contributed by atoms with Gasteiger partial charge in [0.25, 0.3) is 0 Å². The van der Waals surface area contributed by atoms with Crippen molar-refractivity contribution in [1.82, 2.24) is 5.16 Å². The zero-order valence-corrected chi connectivity index (χ0v) is 8.89. The van der Waals surface area contributed by atoms with E-state index in [4.69, 9.17) is 15.2 Å². The van der Waals surface area contributed by atoms with Gasteiger partial charge in [0.2, 0.25) is 9.05 Å². The molecule has 0 radical (unpaired) electrons. The van der Waals surface area contributed by atoms with Gasteiger partial charge in [-0.2, -0.15) is 0 Å². The molecule has 0 bridgehead atoms. The van der Waals surface area contributed by atoms with Crippen molar-refractivity contribution in [2.45, 2.75) is 25.5 Å². The van der Waals surface area contributed by atoms with Crippen LogP contribution in [0.2, 0.25) is 0 Å². The quantitative estimate of drug-likeness (QED) is 0.734. The third-order valence-corrected chi connectivity index (χ3v) is 2.43. The summed E-state index contributed by atoms with van der Waals surface area (Å²) in [5.74, 6) is 0.569. The van der Waals surface area contributed by atoms with E-state index >= 15 is 0 Å². The first-order valence-electron chi connectivity index (χ1n) is 3.76. The van der Waals surface area contributed by atoms with Gasteiger partial charge in [-0.15, -0.1) is 0 Å². The molecule has 0 saturated carbocycles.